The number of benzene rings is 1. The van der Waals surface area contributed by atoms with E-state index in [1.54, 1.807) is 0 Å². The molecular weight excluding hydrogens is 343 g/mol. The van der Waals surface area contributed by atoms with E-state index in [2.05, 4.69) is 10.1 Å². The first kappa shape index (κ1) is 17.1. The van der Waals surface area contributed by atoms with Crippen LogP contribution in [0.15, 0.2) is 30.6 Å². The van der Waals surface area contributed by atoms with E-state index in [-0.39, 0.29) is 23.0 Å². The first-order valence-corrected chi connectivity index (χ1v) is 7.21. The number of fused-ring (bicyclic) bond motifs is 1. The number of hydrogen-bond donors (Lipinski definition) is 0. The van der Waals surface area contributed by atoms with Gasteiger partial charge in [-0.1, -0.05) is 0 Å². The zero-order valence-corrected chi connectivity index (χ0v) is 13.3. The standard InChI is InChI=1S/C16H13F5N4/c1-24(7-9-8-25(2)23-15(9)16(19,20)21)13-3-4-22-14-11(13)5-10(17)6-12(14)18/h3-6,8H,7H2,1-2H3. The average molecular weight is 356 g/mol. The number of halogens is 5. The third-order valence-corrected chi connectivity index (χ3v) is 3.73. The van der Waals surface area contributed by atoms with Crippen LogP contribution < -0.4 is 4.90 Å². The summed E-state index contributed by atoms with van der Waals surface area (Å²) in [6.45, 7) is -0.139. The fourth-order valence-corrected chi connectivity index (χ4v) is 2.73. The summed E-state index contributed by atoms with van der Waals surface area (Å²) in [6, 6.07) is 3.30. The van der Waals surface area contributed by atoms with Crippen LogP contribution in [0.4, 0.5) is 27.6 Å². The summed E-state index contributed by atoms with van der Waals surface area (Å²) >= 11 is 0. The van der Waals surface area contributed by atoms with Gasteiger partial charge in [-0.05, 0) is 12.1 Å². The van der Waals surface area contributed by atoms with Crippen molar-refractivity contribution in [1.29, 1.82) is 0 Å². The minimum Gasteiger partial charge on any atom is -0.370 e. The Labute approximate surface area is 139 Å². The molecule has 0 N–H and O–H groups in total. The summed E-state index contributed by atoms with van der Waals surface area (Å²) in [7, 11) is 2.93. The number of rotatable bonds is 3. The van der Waals surface area contributed by atoms with Gasteiger partial charge in [0, 0.05) is 55.7 Å². The van der Waals surface area contributed by atoms with Gasteiger partial charge in [0.05, 0.1) is 0 Å². The molecule has 0 saturated carbocycles. The molecule has 0 atom stereocenters. The van der Waals surface area contributed by atoms with E-state index >= 15 is 0 Å². The minimum absolute atomic E-state index is 0.0423. The third-order valence-electron chi connectivity index (χ3n) is 3.73. The van der Waals surface area contributed by atoms with Crippen LogP contribution >= 0.6 is 0 Å². The van der Waals surface area contributed by atoms with Crippen LogP contribution in [0.1, 0.15) is 11.3 Å². The van der Waals surface area contributed by atoms with Gasteiger partial charge in [-0.25, -0.2) is 8.78 Å². The zero-order chi connectivity index (χ0) is 18.4. The predicted molar refractivity (Wildman–Crippen MR) is 82.0 cm³/mol. The molecule has 0 saturated heterocycles. The van der Waals surface area contributed by atoms with Crippen molar-refractivity contribution in [2.24, 2.45) is 7.05 Å². The van der Waals surface area contributed by atoms with Crippen LogP contribution in [0.3, 0.4) is 0 Å². The van der Waals surface area contributed by atoms with Gasteiger partial charge in [0.2, 0.25) is 0 Å². The monoisotopic (exact) mass is 356 g/mol. The summed E-state index contributed by atoms with van der Waals surface area (Å²) in [6.07, 6.45) is -2.00. The molecule has 0 fully saturated rings. The molecular formula is C16H13F5N4. The SMILES string of the molecule is CN(Cc1cn(C)nc1C(F)(F)F)c1ccnc2c(F)cc(F)cc12. The molecule has 0 unspecified atom stereocenters. The summed E-state index contributed by atoms with van der Waals surface area (Å²) < 4.78 is 67.7. The Bertz CT molecular complexity index is 932. The zero-order valence-electron chi connectivity index (χ0n) is 13.3. The Morgan fingerprint density at radius 2 is 1.92 bits per heavy atom. The maximum Gasteiger partial charge on any atom is 0.435 e. The highest BCUT2D eigenvalue weighted by molar-refractivity contribution is 5.91. The van der Waals surface area contributed by atoms with Crippen LogP contribution in [0.2, 0.25) is 0 Å². The second kappa shape index (κ2) is 5.98. The van der Waals surface area contributed by atoms with E-state index < -0.39 is 23.5 Å². The Morgan fingerprint density at radius 1 is 1.20 bits per heavy atom. The Balaban J connectivity index is 2.03. The molecule has 2 aromatic heterocycles. The average Bonchev–Trinajstić information content (AvgIpc) is 2.87. The van der Waals surface area contributed by atoms with Gasteiger partial charge in [-0.3, -0.25) is 9.67 Å². The quantitative estimate of drug-likeness (QED) is 0.668. The summed E-state index contributed by atoms with van der Waals surface area (Å²) in [4.78, 5) is 5.34. The number of pyridine rings is 1. The largest absolute Gasteiger partial charge is 0.435 e. The number of alkyl halides is 3. The molecule has 9 heteroatoms. The van der Waals surface area contributed by atoms with Gasteiger partial charge in [-0.2, -0.15) is 18.3 Å². The maximum atomic E-state index is 13.9. The van der Waals surface area contributed by atoms with Crippen LogP contribution in [-0.2, 0) is 19.8 Å². The number of aryl methyl sites for hydroxylation is 1. The Kier molecular flexibility index (Phi) is 4.09. The Hall–Kier alpha value is -2.71. The lowest BCUT2D eigenvalue weighted by Gasteiger charge is -2.21. The van der Waals surface area contributed by atoms with Gasteiger partial charge in [0.15, 0.2) is 11.5 Å². The second-order valence-electron chi connectivity index (χ2n) is 5.64. The van der Waals surface area contributed by atoms with E-state index in [1.165, 1.54) is 37.5 Å². The van der Waals surface area contributed by atoms with Gasteiger partial charge in [-0.15, -0.1) is 0 Å². The first-order chi connectivity index (χ1) is 11.7. The van der Waals surface area contributed by atoms with Crippen molar-refractivity contribution in [3.63, 3.8) is 0 Å². The third kappa shape index (κ3) is 3.26. The van der Waals surface area contributed by atoms with Gasteiger partial charge in [0.1, 0.15) is 11.3 Å². The lowest BCUT2D eigenvalue weighted by molar-refractivity contribution is -0.142. The highest BCUT2D eigenvalue weighted by atomic mass is 19.4. The molecule has 0 radical (unpaired) electrons. The van der Waals surface area contributed by atoms with Gasteiger partial charge in [0.25, 0.3) is 0 Å². The van der Waals surface area contributed by atoms with Crippen molar-refractivity contribution in [1.82, 2.24) is 14.8 Å². The second-order valence-corrected chi connectivity index (χ2v) is 5.64. The lowest BCUT2D eigenvalue weighted by atomic mass is 10.1. The molecule has 0 aliphatic carbocycles. The molecule has 3 aromatic rings. The highest BCUT2D eigenvalue weighted by Gasteiger charge is 2.37. The molecule has 1 aromatic carbocycles. The molecule has 4 nitrogen and oxygen atoms in total. The van der Waals surface area contributed by atoms with Crippen LogP contribution in [0.25, 0.3) is 10.9 Å². The van der Waals surface area contributed by atoms with Crippen molar-refractivity contribution in [2.75, 3.05) is 11.9 Å². The fraction of sp³-hybridized carbons (Fsp3) is 0.250. The van der Waals surface area contributed by atoms with Crippen molar-refractivity contribution >= 4 is 16.6 Å². The van der Waals surface area contributed by atoms with Crippen molar-refractivity contribution < 1.29 is 22.0 Å². The summed E-state index contributed by atoms with van der Waals surface area (Å²) in [5.41, 5.74) is -0.717. The lowest BCUT2D eigenvalue weighted by Crippen LogP contribution is -2.19. The fourth-order valence-electron chi connectivity index (χ4n) is 2.73. The van der Waals surface area contributed by atoms with Crippen LogP contribution in [0, 0.1) is 11.6 Å². The van der Waals surface area contributed by atoms with E-state index in [9.17, 15) is 22.0 Å². The van der Waals surface area contributed by atoms with Gasteiger partial charge >= 0.3 is 6.18 Å². The van der Waals surface area contributed by atoms with E-state index in [1.807, 2.05) is 0 Å². The number of hydrogen-bond acceptors (Lipinski definition) is 3. The smallest absolute Gasteiger partial charge is 0.370 e. The number of anilines is 1. The van der Waals surface area contributed by atoms with Crippen LogP contribution in [0.5, 0.6) is 0 Å². The van der Waals surface area contributed by atoms with Crippen LogP contribution in [-0.4, -0.2) is 21.8 Å². The minimum atomic E-state index is -4.59. The molecule has 132 valence electrons. The van der Waals surface area contributed by atoms with Crippen molar-refractivity contribution in [3.8, 4) is 0 Å². The van der Waals surface area contributed by atoms with E-state index in [0.717, 1.165) is 10.7 Å². The molecule has 3 rings (SSSR count). The summed E-state index contributed by atoms with van der Waals surface area (Å²) in [5, 5.41) is 3.63. The molecule has 0 bridgehead atoms. The van der Waals surface area contributed by atoms with E-state index in [0.29, 0.717) is 11.8 Å². The molecule has 0 amide bonds. The first-order valence-electron chi connectivity index (χ1n) is 7.21. The highest BCUT2D eigenvalue weighted by Crippen LogP contribution is 2.33. The van der Waals surface area contributed by atoms with Crippen molar-refractivity contribution in [2.45, 2.75) is 12.7 Å². The molecule has 0 spiro atoms. The van der Waals surface area contributed by atoms with Gasteiger partial charge < -0.3 is 4.90 Å². The molecule has 25 heavy (non-hydrogen) atoms. The maximum absolute atomic E-state index is 13.9. The number of aromatic nitrogens is 3. The number of nitrogens with zero attached hydrogens (tertiary/aromatic N) is 4. The van der Waals surface area contributed by atoms with E-state index in [4.69, 9.17) is 0 Å². The normalized spacial score (nSPS) is 12.0. The topological polar surface area (TPSA) is 34.0 Å². The predicted octanol–water partition coefficient (Wildman–Crippen LogP) is 3.90. The molecule has 0 aliphatic heterocycles. The Morgan fingerprint density at radius 3 is 2.60 bits per heavy atom. The molecule has 0 aliphatic rings. The van der Waals surface area contributed by atoms with Crippen molar-refractivity contribution in [3.05, 3.63) is 53.5 Å². The molecule has 2 heterocycles. The summed E-state index contributed by atoms with van der Waals surface area (Å²) in [5.74, 6) is -1.62.